The van der Waals surface area contributed by atoms with Crippen LogP contribution in [0.1, 0.15) is 12.6 Å². The van der Waals surface area contributed by atoms with E-state index in [9.17, 15) is 8.42 Å². The van der Waals surface area contributed by atoms with E-state index >= 15 is 0 Å². The summed E-state index contributed by atoms with van der Waals surface area (Å²) in [7, 11) is -3.26. The van der Waals surface area contributed by atoms with Crippen LogP contribution < -0.4 is 5.73 Å². The van der Waals surface area contributed by atoms with Crippen molar-refractivity contribution in [2.24, 2.45) is 5.73 Å². The first-order valence-corrected chi connectivity index (χ1v) is 6.22. The lowest BCUT2D eigenvalue weighted by Crippen LogP contribution is -2.05. The van der Waals surface area contributed by atoms with E-state index in [0.717, 1.165) is 5.41 Å². The first kappa shape index (κ1) is 11.9. The Hall–Kier alpha value is -1.14. The second kappa shape index (κ2) is 4.59. The van der Waals surface area contributed by atoms with Gasteiger partial charge in [-0.3, -0.25) is 0 Å². The quantitative estimate of drug-likeness (QED) is 0.855. The summed E-state index contributed by atoms with van der Waals surface area (Å²) >= 11 is 5.52. The Bertz CT molecular complexity index is 467. The molecular formula is C8H10ClN3O2S. The average Bonchev–Trinajstić information content (AvgIpc) is 2.18. The highest BCUT2D eigenvalue weighted by molar-refractivity contribution is 7.94. The van der Waals surface area contributed by atoms with Gasteiger partial charge in [0.1, 0.15) is 10.8 Å². The minimum atomic E-state index is -3.26. The molecule has 1 aromatic rings. The molecule has 0 aliphatic rings. The van der Waals surface area contributed by atoms with Crippen molar-refractivity contribution in [1.82, 2.24) is 9.97 Å². The molecule has 5 nitrogen and oxygen atoms in total. The highest BCUT2D eigenvalue weighted by Crippen LogP contribution is 2.09. The number of hydrogen-bond donors (Lipinski definition) is 1. The van der Waals surface area contributed by atoms with Gasteiger partial charge >= 0.3 is 0 Å². The van der Waals surface area contributed by atoms with Gasteiger partial charge in [0.2, 0.25) is 0 Å². The summed E-state index contributed by atoms with van der Waals surface area (Å²) in [6.45, 7) is 1.53. The molecule has 0 amide bonds. The zero-order valence-electron chi connectivity index (χ0n) is 8.01. The molecule has 0 saturated heterocycles. The fourth-order valence-corrected chi connectivity index (χ4v) is 1.57. The van der Waals surface area contributed by atoms with Gasteiger partial charge < -0.3 is 5.73 Å². The maximum atomic E-state index is 11.2. The Morgan fingerprint density at radius 1 is 1.53 bits per heavy atom. The normalized spacial score (nSPS) is 12.8. The van der Waals surface area contributed by atoms with Gasteiger partial charge in [0.15, 0.2) is 9.84 Å². The first-order chi connectivity index (χ1) is 6.94. The Morgan fingerprint density at radius 2 is 2.20 bits per heavy atom. The third-order valence-electron chi connectivity index (χ3n) is 1.62. The zero-order valence-corrected chi connectivity index (χ0v) is 9.59. The lowest BCUT2D eigenvalue weighted by atomic mass is 10.4. The Morgan fingerprint density at radius 3 is 2.67 bits per heavy atom. The second-order valence-electron chi connectivity index (χ2n) is 2.75. The molecule has 1 rings (SSSR count). The van der Waals surface area contributed by atoms with Gasteiger partial charge in [-0.05, 0) is 0 Å². The fourth-order valence-electron chi connectivity index (χ4n) is 0.799. The summed E-state index contributed by atoms with van der Waals surface area (Å²) in [6, 6.07) is 0. The smallest absolute Gasteiger partial charge is 0.173 e. The number of sulfone groups is 1. The highest BCUT2D eigenvalue weighted by Gasteiger charge is 2.06. The molecule has 0 spiro atoms. The van der Waals surface area contributed by atoms with Gasteiger partial charge in [-0.25, -0.2) is 18.4 Å². The zero-order chi connectivity index (χ0) is 11.5. The van der Waals surface area contributed by atoms with E-state index in [-0.39, 0.29) is 22.3 Å². The molecule has 0 fully saturated rings. The minimum absolute atomic E-state index is 0.00524. The lowest BCUT2D eigenvalue weighted by Gasteiger charge is -2.00. The molecule has 0 radical (unpaired) electrons. The van der Waals surface area contributed by atoms with Crippen molar-refractivity contribution in [3.05, 3.63) is 28.6 Å². The van der Waals surface area contributed by atoms with Gasteiger partial charge in [0.05, 0.1) is 29.3 Å². The van der Waals surface area contributed by atoms with Crippen molar-refractivity contribution >= 4 is 27.1 Å². The summed E-state index contributed by atoms with van der Waals surface area (Å²) in [5.41, 5.74) is 5.89. The molecule has 2 N–H and O–H groups in total. The van der Waals surface area contributed by atoms with Gasteiger partial charge in [0.25, 0.3) is 0 Å². The molecule has 1 aromatic heterocycles. The van der Waals surface area contributed by atoms with Crippen LogP contribution in [0.5, 0.6) is 0 Å². The number of aromatic nitrogens is 2. The van der Waals surface area contributed by atoms with Crippen LogP contribution in [0.3, 0.4) is 0 Å². The van der Waals surface area contributed by atoms with Crippen LogP contribution in [0, 0.1) is 0 Å². The van der Waals surface area contributed by atoms with Crippen LogP contribution in [-0.4, -0.2) is 24.1 Å². The van der Waals surface area contributed by atoms with Crippen molar-refractivity contribution in [3.63, 3.8) is 0 Å². The Labute approximate surface area is 92.9 Å². The summed E-state index contributed by atoms with van der Waals surface area (Å²) in [5.74, 6) is -0.00524. The topological polar surface area (TPSA) is 85.9 Å². The van der Waals surface area contributed by atoms with Crippen LogP contribution in [0.15, 0.2) is 17.8 Å². The number of rotatable bonds is 3. The summed E-state index contributed by atoms with van der Waals surface area (Å²) in [4.78, 5) is 7.59. The lowest BCUT2D eigenvalue weighted by molar-refractivity contribution is 0.606. The van der Waals surface area contributed by atoms with Crippen LogP contribution >= 0.6 is 11.6 Å². The highest BCUT2D eigenvalue weighted by atomic mass is 35.5. The number of nitrogens with zero attached hydrogens (tertiary/aromatic N) is 2. The van der Waals surface area contributed by atoms with Crippen LogP contribution in [0.25, 0.3) is 5.70 Å². The van der Waals surface area contributed by atoms with E-state index in [1.807, 2.05) is 0 Å². The van der Waals surface area contributed by atoms with Gasteiger partial charge in [-0.1, -0.05) is 18.5 Å². The fraction of sp³-hybridized carbons (Fsp3) is 0.250. The summed E-state index contributed by atoms with van der Waals surface area (Å²) in [5, 5.41) is 1.20. The van der Waals surface area contributed by atoms with Gasteiger partial charge in [0, 0.05) is 0 Å². The number of hydrogen-bond acceptors (Lipinski definition) is 5. The predicted octanol–water partition coefficient (Wildman–Crippen LogP) is 0.822. The maximum absolute atomic E-state index is 11.2. The number of nitrogens with two attached hydrogens (primary N) is 1. The molecule has 0 unspecified atom stereocenters. The van der Waals surface area contributed by atoms with Crippen molar-refractivity contribution < 1.29 is 8.42 Å². The summed E-state index contributed by atoms with van der Waals surface area (Å²) in [6.07, 6.45) is 2.62. The second-order valence-corrected chi connectivity index (χ2v) is 5.28. The van der Waals surface area contributed by atoms with E-state index in [2.05, 4.69) is 9.97 Å². The molecule has 0 aromatic carbocycles. The van der Waals surface area contributed by atoms with Gasteiger partial charge in [-0.2, -0.15) is 0 Å². The molecular weight excluding hydrogens is 238 g/mol. The Kier molecular flexibility index (Phi) is 3.65. The molecule has 1 heterocycles. The van der Waals surface area contributed by atoms with Crippen molar-refractivity contribution in [2.45, 2.75) is 6.92 Å². The van der Waals surface area contributed by atoms with Gasteiger partial charge in [-0.15, -0.1) is 0 Å². The molecule has 0 aliphatic carbocycles. The molecule has 0 bridgehead atoms. The SMILES string of the molecule is CCS(=O)(=O)/C=C(\N)c1cnc(Cl)cn1. The Balaban J connectivity index is 3.05. The summed E-state index contributed by atoms with van der Waals surface area (Å²) < 4.78 is 22.4. The van der Waals surface area contributed by atoms with Crippen molar-refractivity contribution in [1.29, 1.82) is 0 Å². The van der Waals surface area contributed by atoms with Crippen molar-refractivity contribution in [2.75, 3.05) is 5.75 Å². The first-order valence-electron chi connectivity index (χ1n) is 4.12. The molecule has 82 valence electrons. The van der Waals surface area contributed by atoms with Crippen LogP contribution in [0.2, 0.25) is 5.15 Å². The van der Waals surface area contributed by atoms with Crippen LogP contribution in [0.4, 0.5) is 0 Å². The van der Waals surface area contributed by atoms with Crippen LogP contribution in [-0.2, 0) is 9.84 Å². The number of halogens is 1. The van der Waals surface area contributed by atoms with E-state index in [4.69, 9.17) is 17.3 Å². The van der Waals surface area contributed by atoms with Crippen molar-refractivity contribution in [3.8, 4) is 0 Å². The van der Waals surface area contributed by atoms with E-state index in [1.54, 1.807) is 0 Å². The molecule has 15 heavy (non-hydrogen) atoms. The largest absolute Gasteiger partial charge is 0.396 e. The minimum Gasteiger partial charge on any atom is -0.396 e. The van der Waals surface area contributed by atoms with E-state index in [0.29, 0.717) is 0 Å². The third-order valence-corrected chi connectivity index (χ3v) is 3.24. The molecule has 0 aliphatic heterocycles. The average molecular weight is 248 g/mol. The molecule has 0 saturated carbocycles. The predicted molar refractivity (Wildman–Crippen MR) is 58.7 cm³/mol. The maximum Gasteiger partial charge on any atom is 0.173 e. The third kappa shape index (κ3) is 3.49. The standard InChI is InChI=1S/C8H10ClN3O2S/c1-2-15(13,14)5-6(10)7-3-12-8(9)4-11-7/h3-5H,2,10H2,1H3/b6-5-. The van der Waals surface area contributed by atoms with E-state index < -0.39 is 9.84 Å². The monoisotopic (exact) mass is 247 g/mol. The molecule has 0 atom stereocenters. The molecule has 7 heteroatoms. The van der Waals surface area contributed by atoms with E-state index in [1.165, 1.54) is 19.3 Å².